The lowest BCUT2D eigenvalue weighted by Gasteiger charge is -2.34. The largest absolute Gasteiger partial charge is 0.506 e. The van der Waals surface area contributed by atoms with Gasteiger partial charge in [-0.25, -0.2) is 4.98 Å². The second kappa shape index (κ2) is 8.39. The van der Waals surface area contributed by atoms with Crippen LogP contribution in [-0.4, -0.2) is 60.7 Å². The van der Waals surface area contributed by atoms with Crippen LogP contribution in [-0.2, 0) is 4.79 Å². The molecule has 2 heterocycles. The monoisotopic (exact) mass is 411 g/mol. The number of hydrogen-bond donors (Lipinski definition) is 2. The predicted octanol–water partition coefficient (Wildman–Crippen LogP) is 1.93. The molecule has 0 unspecified atom stereocenters. The van der Waals surface area contributed by atoms with Gasteiger partial charge in [-0.3, -0.25) is 4.79 Å². The lowest BCUT2D eigenvalue weighted by atomic mass is 10.2. The first-order chi connectivity index (χ1) is 14.0. The number of nitrogens with zero attached hydrogens (tertiary/aromatic N) is 3. The molecule has 1 aliphatic heterocycles. The average Bonchev–Trinajstić information content (AvgIpc) is 3.18. The summed E-state index contributed by atoms with van der Waals surface area (Å²) in [4.78, 5) is 22.9. The van der Waals surface area contributed by atoms with Crippen molar-refractivity contribution in [2.75, 3.05) is 44.7 Å². The number of aromatic nitrogens is 1. The van der Waals surface area contributed by atoms with Crippen molar-refractivity contribution in [1.82, 2.24) is 9.88 Å². The number of thiazole rings is 1. The van der Waals surface area contributed by atoms with Gasteiger partial charge in [-0.1, -0.05) is 24.3 Å². The van der Waals surface area contributed by atoms with Crippen LogP contribution in [0.1, 0.15) is 18.0 Å². The van der Waals surface area contributed by atoms with Gasteiger partial charge in [0.15, 0.2) is 6.54 Å². The number of phenols is 1. The summed E-state index contributed by atoms with van der Waals surface area (Å²) in [7, 11) is 1.87. The molecule has 152 valence electrons. The zero-order valence-electron chi connectivity index (χ0n) is 16.8. The van der Waals surface area contributed by atoms with E-state index < -0.39 is 0 Å². The van der Waals surface area contributed by atoms with Crippen molar-refractivity contribution in [2.24, 2.45) is 0 Å². The highest BCUT2D eigenvalue weighted by molar-refractivity contribution is 7.18. The van der Waals surface area contributed by atoms with Crippen LogP contribution in [0.5, 0.6) is 5.75 Å². The number of rotatable bonds is 5. The van der Waals surface area contributed by atoms with Crippen LogP contribution < -0.4 is 9.80 Å². The van der Waals surface area contributed by atoms with E-state index in [1.54, 1.807) is 17.4 Å². The minimum atomic E-state index is -0.0399. The van der Waals surface area contributed by atoms with E-state index in [9.17, 15) is 9.90 Å². The average molecular weight is 412 g/mol. The molecule has 1 aliphatic rings. The number of benzene rings is 2. The maximum atomic E-state index is 12.9. The number of carbonyl (C=O) groups is 1. The molecule has 4 rings (SSSR count). The highest BCUT2D eigenvalue weighted by atomic mass is 32.1. The van der Waals surface area contributed by atoms with E-state index in [1.165, 1.54) is 4.90 Å². The molecule has 1 aromatic heterocycles. The highest BCUT2D eigenvalue weighted by Gasteiger charge is 2.27. The summed E-state index contributed by atoms with van der Waals surface area (Å²) in [6.45, 7) is 5.95. The fraction of sp³-hybridized carbons (Fsp3) is 0.364. The Balaban J connectivity index is 1.34. The van der Waals surface area contributed by atoms with Crippen molar-refractivity contribution in [3.05, 3.63) is 53.5 Å². The summed E-state index contributed by atoms with van der Waals surface area (Å²) in [5, 5.41) is 11.0. The number of carbonyl (C=O) groups excluding carboxylic acids is 1. The van der Waals surface area contributed by atoms with Crippen LogP contribution in [0.4, 0.5) is 5.69 Å². The number of phenolic OH excluding ortho intramolecular Hbond substituents is 1. The number of aromatic hydroxyl groups is 1. The minimum absolute atomic E-state index is 0.0399. The first-order valence-corrected chi connectivity index (χ1v) is 10.8. The van der Waals surface area contributed by atoms with Crippen molar-refractivity contribution in [3.63, 3.8) is 0 Å². The number of anilines is 1. The van der Waals surface area contributed by atoms with Gasteiger partial charge in [-0.15, -0.1) is 11.3 Å². The third-order valence-corrected chi connectivity index (χ3v) is 6.94. The molecule has 2 N–H and O–H groups in total. The lowest BCUT2D eigenvalue weighted by molar-refractivity contribution is -0.892. The molecular weight excluding hydrogens is 384 g/mol. The standard InChI is InChI=1S/C22H26N4O2S/c1-16(22-23-17-7-3-6-10-20(17)29-22)24(2)21(28)15-25-11-13-26(14-12-25)18-8-4-5-9-19(18)27/h3-10,16,27H,11-15H2,1-2H3/p+1/t16-/m0/s1. The maximum Gasteiger partial charge on any atom is 0.278 e. The van der Waals surface area contributed by atoms with E-state index in [2.05, 4.69) is 11.0 Å². The van der Waals surface area contributed by atoms with Gasteiger partial charge in [0.2, 0.25) is 0 Å². The molecule has 2 aromatic carbocycles. The molecule has 3 aromatic rings. The Morgan fingerprint density at radius 2 is 1.90 bits per heavy atom. The Labute approximate surface area is 175 Å². The molecule has 1 fully saturated rings. The zero-order valence-corrected chi connectivity index (χ0v) is 17.7. The Morgan fingerprint density at radius 1 is 1.21 bits per heavy atom. The van der Waals surface area contributed by atoms with E-state index in [4.69, 9.17) is 4.98 Å². The number of likely N-dealkylation sites (N-methyl/N-ethyl adjacent to an activating group) is 1. The van der Waals surface area contributed by atoms with Gasteiger partial charge in [0.25, 0.3) is 5.91 Å². The number of para-hydroxylation sites is 3. The highest BCUT2D eigenvalue weighted by Crippen LogP contribution is 2.29. The fourth-order valence-corrected chi connectivity index (χ4v) is 4.82. The number of piperazine rings is 1. The summed E-state index contributed by atoms with van der Waals surface area (Å²) in [5.41, 5.74) is 1.87. The fourth-order valence-electron chi connectivity index (χ4n) is 3.76. The zero-order chi connectivity index (χ0) is 20.4. The van der Waals surface area contributed by atoms with Gasteiger partial charge in [0.1, 0.15) is 10.8 Å². The van der Waals surface area contributed by atoms with Crippen molar-refractivity contribution in [2.45, 2.75) is 13.0 Å². The Morgan fingerprint density at radius 3 is 2.62 bits per heavy atom. The van der Waals surface area contributed by atoms with Crippen LogP contribution in [0.2, 0.25) is 0 Å². The first-order valence-electron chi connectivity index (χ1n) is 10.0. The van der Waals surface area contributed by atoms with E-state index in [-0.39, 0.29) is 11.9 Å². The molecule has 6 nitrogen and oxygen atoms in total. The van der Waals surface area contributed by atoms with E-state index in [0.717, 1.165) is 47.1 Å². The molecule has 0 saturated carbocycles. The smallest absolute Gasteiger partial charge is 0.278 e. The van der Waals surface area contributed by atoms with Gasteiger partial charge in [-0.2, -0.15) is 0 Å². The van der Waals surface area contributed by atoms with Crippen LogP contribution in [0.3, 0.4) is 0 Å². The van der Waals surface area contributed by atoms with Gasteiger partial charge in [0, 0.05) is 7.05 Å². The number of quaternary nitrogens is 1. The van der Waals surface area contributed by atoms with Gasteiger partial charge in [0.05, 0.1) is 48.1 Å². The molecule has 0 radical (unpaired) electrons. The van der Waals surface area contributed by atoms with Crippen molar-refractivity contribution in [1.29, 1.82) is 0 Å². The normalized spacial score (nSPS) is 16.1. The topological polar surface area (TPSA) is 61.1 Å². The van der Waals surface area contributed by atoms with E-state index >= 15 is 0 Å². The van der Waals surface area contributed by atoms with Crippen LogP contribution in [0.25, 0.3) is 10.2 Å². The van der Waals surface area contributed by atoms with Gasteiger partial charge >= 0.3 is 0 Å². The molecule has 0 spiro atoms. The first kappa shape index (κ1) is 19.7. The Hall–Kier alpha value is -2.64. The minimum Gasteiger partial charge on any atom is -0.506 e. The summed E-state index contributed by atoms with van der Waals surface area (Å²) in [6.07, 6.45) is 0. The third kappa shape index (κ3) is 4.21. The SMILES string of the molecule is C[C@@H](c1nc2ccccc2s1)N(C)C(=O)C[NH+]1CCN(c2ccccc2O)CC1. The summed E-state index contributed by atoms with van der Waals surface area (Å²) in [6, 6.07) is 15.5. The Kier molecular flexibility index (Phi) is 5.69. The molecule has 7 heteroatoms. The molecular formula is C22H27N4O2S+. The van der Waals surface area contributed by atoms with Crippen molar-refractivity contribution in [3.8, 4) is 5.75 Å². The van der Waals surface area contributed by atoms with Crippen LogP contribution >= 0.6 is 11.3 Å². The van der Waals surface area contributed by atoms with Crippen LogP contribution in [0.15, 0.2) is 48.5 Å². The summed E-state index contributed by atoms with van der Waals surface area (Å²) >= 11 is 1.65. The lowest BCUT2D eigenvalue weighted by Crippen LogP contribution is -3.15. The molecule has 0 aliphatic carbocycles. The van der Waals surface area contributed by atoms with E-state index in [1.807, 2.05) is 55.3 Å². The molecule has 1 amide bonds. The second-order valence-electron chi connectivity index (χ2n) is 7.60. The molecule has 1 saturated heterocycles. The van der Waals surface area contributed by atoms with Crippen molar-refractivity contribution >= 4 is 33.1 Å². The third-order valence-electron chi connectivity index (χ3n) is 5.74. The number of nitrogens with one attached hydrogen (secondary N) is 1. The van der Waals surface area contributed by atoms with Gasteiger partial charge in [-0.05, 0) is 31.2 Å². The predicted molar refractivity (Wildman–Crippen MR) is 117 cm³/mol. The number of amides is 1. The number of fused-ring (bicyclic) bond motifs is 1. The van der Waals surface area contributed by atoms with Crippen molar-refractivity contribution < 1.29 is 14.8 Å². The molecule has 29 heavy (non-hydrogen) atoms. The summed E-state index contributed by atoms with van der Waals surface area (Å²) in [5.74, 6) is 0.458. The van der Waals surface area contributed by atoms with E-state index in [0.29, 0.717) is 12.3 Å². The molecule has 1 atom stereocenters. The second-order valence-corrected chi connectivity index (χ2v) is 8.67. The van der Waals surface area contributed by atoms with Crippen LogP contribution in [0, 0.1) is 0 Å². The quantitative estimate of drug-likeness (QED) is 0.674. The van der Waals surface area contributed by atoms with Gasteiger partial charge < -0.3 is 19.8 Å². The molecule has 0 bridgehead atoms. The maximum absolute atomic E-state index is 12.9. The number of hydrogen-bond acceptors (Lipinski definition) is 5. The Bertz CT molecular complexity index is 964. The summed E-state index contributed by atoms with van der Waals surface area (Å²) < 4.78 is 1.15.